The summed E-state index contributed by atoms with van der Waals surface area (Å²) in [6.45, 7) is 5.06. The third-order valence-electron chi connectivity index (χ3n) is 5.10. The van der Waals surface area contributed by atoms with Gasteiger partial charge in [0, 0.05) is 48.3 Å². The molecule has 5 rings (SSSR count). The quantitative estimate of drug-likeness (QED) is 0.741. The Morgan fingerprint density at radius 3 is 2.87 bits per heavy atom. The molecule has 0 bridgehead atoms. The number of hydrogen-bond acceptors (Lipinski definition) is 5. The Kier molecular flexibility index (Phi) is 2.68. The van der Waals surface area contributed by atoms with E-state index >= 15 is 0 Å². The SMILES string of the molecule is Cc1nc(N2CC3CC3C2)ncc1Cn1ccc2cncnc21. The first-order chi connectivity index (χ1) is 11.3. The van der Waals surface area contributed by atoms with Crippen molar-refractivity contribution in [1.82, 2.24) is 24.5 Å². The van der Waals surface area contributed by atoms with Crippen LogP contribution < -0.4 is 4.90 Å². The van der Waals surface area contributed by atoms with Crippen molar-refractivity contribution in [2.45, 2.75) is 19.9 Å². The molecule has 2 aliphatic rings. The zero-order valence-electron chi connectivity index (χ0n) is 13.1. The molecule has 4 heterocycles. The van der Waals surface area contributed by atoms with Gasteiger partial charge in [-0.2, -0.15) is 0 Å². The fourth-order valence-corrected chi connectivity index (χ4v) is 3.59. The maximum absolute atomic E-state index is 4.74. The predicted octanol–water partition coefficient (Wildman–Crippen LogP) is 2.03. The van der Waals surface area contributed by atoms with Crippen LogP contribution in [0, 0.1) is 18.8 Å². The number of fused-ring (bicyclic) bond motifs is 2. The van der Waals surface area contributed by atoms with Gasteiger partial charge in [-0.1, -0.05) is 0 Å². The van der Waals surface area contributed by atoms with Crippen LogP contribution in [-0.4, -0.2) is 37.6 Å². The molecular weight excluding hydrogens is 288 g/mol. The van der Waals surface area contributed by atoms with Crippen molar-refractivity contribution in [3.05, 3.63) is 42.2 Å². The van der Waals surface area contributed by atoms with Crippen molar-refractivity contribution in [2.24, 2.45) is 11.8 Å². The van der Waals surface area contributed by atoms with Gasteiger partial charge in [-0.05, 0) is 31.2 Å². The van der Waals surface area contributed by atoms with Crippen molar-refractivity contribution in [3.63, 3.8) is 0 Å². The Labute approximate surface area is 134 Å². The average molecular weight is 306 g/mol. The summed E-state index contributed by atoms with van der Waals surface area (Å²) < 4.78 is 2.12. The molecule has 6 nitrogen and oxygen atoms in total. The van der Waals surface area contributed by atoms with Gasteiger partial charge in [0.25, 0.3) is 0 Å². The van der Waals surface area contributed by atoms with Gasteiger partial charge in [0.2, 0.25) is 5.95 Å². The lowest BCUT2D eigenvalue weighted by molar-refractivity contribution is 0.765. The first-order valence-electron chi connectivity index (χ1n) is 8.10. The van der Waals surface area contributed by atoms with Crippen LogP contribution in [0.5, 0.6) is 0 Å². The Balaban J connectivity index is 1.42. The fourth-order valence-electron chi connectivity index (χ4n) is 3.59. The molecule has 0 amide bonds. The molecule has 1 saturated carbocycles. The van der Waals surface area contributed by atoms with Crippen LogP contribution >= 0.6 is 0 Å². The van der Waals surface area contributed by atoms with Gasteiger partial charge in [0.15, 0.2) is 0 Å². The van der Waals surface area contributed by atoms with Crippen molar-refractivity contribution < 1.29 is 0 Å². The Morgan fingerprint density at radius 2 is 2.04 bits per heavy atom. The topological polar surface area (TPSA) is 59.7 Å². The molecule has 0 aromatic carbocycles. The van der Waals surface area contributed by atoms with Gasteiger partial charge in [-0.25, -0.2) is 19.9 Å². The summed E-state index contributed by atoms with van der Waals surface area (Å²) in [6.07, 6.45) is 8.83. The Hall–Kier alpha value is -2.50. The third kappa shape index (κ3) is 2.17. The normalized spacial score (nSPS) is 22.6. The van der Waals surface area contributed by atoms with Gasteiger partial charge >= 0.3 is 0 Å². The molecule has 0 N–H and O–H groups in total. The van der Waals surface area contributed by atoms with E-state index in [1.54, 1.807) is 6.33 Å². The standard InChI is InChI=1S/C17H18N6/c1-11-15(9-22-3-2-12-5-18-10-20-16(12)22)6-19-17(21-11)23-7-13-4-14(13)8-23/h2-3,5-6,10,13-14H,4,7-9H2,1H3. The fraction of sp³-hybridized carbons (Fsp3) is 0.412. The average Bonchev–Trinajstić information content (AvgIpc) is 3.00. The molecule has 116 valence electrons. The number of nitrogens with zero attached hydrogens (tertiary/aromatic N) is 6. The van der Waals surface area contributed by atoms with E-state index in [9.17, 15) is 0 Å². The first-order valence-corrected chi connectivity index (χ1v) is 8.10. The highest BCUT2D eigenvalue weighted by Crippen LogP contribution is 2.45. The minimum absolute atomic E-state index is 0.734. The summed E-state index contributed by atoms with van der Waals surface area (Å²) in [5, 5.41) is 1.05. The van der Waals surface area contributed by atoms with Crippen LogP contribution in [0.15, 0.2) is 31.0 Å². The van der Waals surface area contributed by atoms with Gasteiger partial charge in [0.1, 0.15) is 12.0 Å². The zero-order chi connectivity index (χ0) is 15.4. The zero-order valence-corrected chi connectivity index (χ0v) is 13.1. The van der Waals surface area contributed by atoms with Crippen molar-refractivity contribution >= 4 is 17.0 Å². The molecule has 2 atom stereocenters. The number of rotatable bonds is 3. The van der Waals surface area contributed by atoms with Crippen molar-refractivity contribution in [2.75, 3.05) is 18.0 Å². The second-order valence-corrected chi connectivity index (χ2v) is 6.69. The number of hydrogen-bond donors (Lipinski definition) is 0. The molecule has 0 radical (unpaired) electrons. The molecule has 3 aromatic rings. The Bertz CT molecular complexity index is 876. The lowest BCUT2D eigenvalue weighted by Gasteiger charge is -2.18. The lowest BCUT2D eigenvalue weighted by Crippen LogP contribution is -2.24. The smallest absolute Gasteiger partial charge is 0.225 e. The van der Waals surface area contributed by atoms with Crippen LogP contribution in [-0.2, 0) is 6.54 Å². The monoisotopic (exact) mass is 306 g/mol. The summed E-state index contributed by atoms with van der Waals surface area (Å²) in [6, 6.07) is 2.04. The van der Waals surface area contributed by atoms with Crippen LogP contribution in [0.2, 0.25) is 0 Å². The molecule has 23 heavy (non-hydrogen) atoms. The van der Waals surface area contributed by atoms with Gasteiger partial charge in [0.05, 0.1) is 6.54 Å². The van der Waals surface area contributed by atoms with Crippen LogP contribution in [0.1, 0.15) is 17.7 Å². The van der Waals surface area contributed by atoms with Gasteiger partial charge in [-0.3, -0.25) is 0 Å². The van der Waals surface area contributed by atoms with Crippen molar-refractivity contribution in [3.8, 4) is 0 Å². The van der Waals surface area contributed by atoms with Gasteiger partial charge < -0.3 is 9.47 Å². The highest BCUT2D eigenvalue weighted by Gasteiger charge is 2.45. The molecule has 2 fully saturated rings. The molecule has 1 saturated heterocycles. The van der Waals surface area contributed by atoms with E-state index < -0.39 is 0 Å². The summed E-state index contributed by atoms with van der Waals surface area (Å²) in [5.41, 5.74) is 3.13. The Morgan fingerprint density at radius 1 is 1.17 bits per heavy atom. The lowest BCUT2D eigenvalue weighted by atomic mass is 10.2. The van der Waals surface area contributed by atoms with E-state index in [0.717, 1.165) is 59.7 Å². The summed E-state index contributed by atoms with van der Waals surface area (Å²) in [7, 11) is 0. The number of piperidine rings is 1. The van der Waals surface area contributed by atoms with E-state index in [-0.39, 0.29) is 0 Å². The van der Waals surface area contributed by atoms with E-state index in [1.807, 2.05) is 24.7 Å². The third-order valence-corrected chi connectivity index (χ3v) is 5.10. The minimum atomic E-state index is 0.734. The minimum Gasteiger partial charge on any atom is -0.340 e. The molecule has 3 aromatic heterocycles. The van der Waals surface area contributed by atoms with Crippen LogP contribution in [0.4, 0.5) is 5.95 Å². The second kappa shape index (κ2) is 4.75. The summed E-state index contributed by atoms with van der Waals surface area (Å²) >= 11 is 0. The van der Waals surface area contributed by atoms with Gasteiger partial charge in [-0.15, -0.1) is 0 Å². The molecule has 1 aliphatic carbocycles. The number of aryl methyl sites for hydroxylation is 1. The highest BCUT2D eigenvalue weighted by atomic mass is 15.3. The van der Waals surface area contributed by atoms with E-state index in [2.05, 4.69) is 31.3 Å². The van der Waals surface area contributed by atoms with E-state index in [1.165, 1.54) is 6.42 Å². The first kappa shape index (κ1) is 13.0. The summed E-state index contributed by atoms with van der Waals surface area (Å²) in [4.78, 5) is 20.1. The number of anilines is 1. The molecule has 6 heteroatoms. The summed E-state index contributed by atoms with van der Waals surface area (Å²) in [5.74, 6) is 2.67. The predicted molar refractivity (Wildman–Crippen MR) is 87.2 cm³/mol. The second-order valence-electron chi connectivity index (χ2n) is 6.69. The number of aromatic nitrogens is 5. The van der Waals surface area contributed by atoms with Crippen molar-refractivity contribution in [1.29, 1.82) is 0 Å². The van der Waals surface area contributed by atoms with E-state index in [4.69, 9.17) is 4.98 Å². The highest BCUT2D eigenvalue weighted by molar-refractivity contribution is 5.74. The molecule has 1 aliphatic heterocycles. The maximum atomic E-state index is 4.74. The van der Waals surface area contributed by atoms with E-state index in [0.29, 0.717) is 0 Å². The van der Waals surface area contributed by atoms with Crippen LogP contribution in [0.25, 0.3) is 11.0 Å². The largest absolute Gasteiger partial charge is 0.340 e. The maximum Gasteiger partial charge on any atom is 0.225 e. The molecular formula is C17H18N6. The molecule has 2 unspecified atom stereocenters. The molecule has 0 spiro atoms. The van der Waals surface area contributed by atoms with Crippen LogP contribution in [0.3, 0.4) is 0 Å².